The maximum Gasteiger partial charge on any atom is 0.259 e. The van der Waals surface area contributed by atoms with Gasteiger partial charge in [-0.1, -0.05) is 12.1 Å². The van der Waals surface area contributed by atoms with E-state index in [0.29, 0.717) is 23.3 Å². The molecule has 1 aliphatic rings. The minimum atomic E-state index is -0.287. The molecule has 0 saturated carbocycles. The summed E-state index contributed by atoms with van der Waals surface area (Å²) in [5.41, 5.74) is 1.01. The fourth-order valence-electron chi connectivity index (χ4n) is 3.11. The van der Waals surface area contributed by atoms with Crippen molar-refractivity contribution >= 4 is 10.9 Å². The molecular weight excluding hydrogens is 573 g/mol. The predicted molar refractivity (Wildman–Crippen MR) is 102 cm³/mol. The average Bonchev–Trinajstić information content (AvgIpc) is 2.69. The Kier molecular flexibility index (Phi) is 7.47. The van der Waals surface area contributed by atoms with E-state index in [-0.39, 0.29) is 55.4 Å². The van der Waals surface area contributed by atoms with Crippen LogP contribution in [-0.2, 0) is 4.74 Å². The minimum Gasteiger partial charge on any atom is -0.508 e. The summed E-state index contributed by atoms with van der Waals surface area (Å²) < 4.78 is 11.2. The van der Waals surface area contributed by atoms with E-state index in [1.54, 1.807) is 6.07 Å². The van der Waals surface area contributed by atoms with Crippen molar-refractivity contribution in [2.24, 2.45) is 0 Å². The third-order valence-corrected chi connectivity index (χ3v) is 4.58. The van der Waals surface area contributed by atoms with E-state index < -0.39 is 0 Å². The van der Waals surface area contributed by atoms with Crippen molar-refractivity contribution in [3.05, 3.63) is 52.8 Å². The van der Waals surface area contributed by atoms with Crippen LogP contribution in [0.2, 0.25) is 0 Å². The molecule has 4 rings (SSSR count). The summed E-state index contributed by atoms with van der Waals surface area (Å²) in [6.45, 7) is 4.84. The number of aromatic amines is 1. The number of fused-ring (bicyclic) bond motifs is 1. The maximum absolute atomic E-state index is 12.3. The molecule has 8 heteroatoms. The Morgan fingerprint density at radius 3 is 2.82 bits per heavy atom. The Bertz CT molecular complexity index is 1000. The summed E-state index contributed by atoms with van der Waals surface area (Å²) in [6, 6.07) is 12.1. The zero-order valence-electron chi connectivity index (χ0n) is 15.4. The van der Waals surface area contributed by atoms with Crippen molar-refractivity contribution < 1.29 is 58.6 Å². The van der Waals surface area contributed by atoms with Gasteiger partial charge in [0.25, 0.3) is 5.56 Å². The molecule has 3 aromatic rings. The van der Waals surface area contributed by atoms with E-state index in [2.05, 4.69) is 14.9 Å². The van der Waals surface area contributed by atoms with E-state index in [0.717, 1.165) is 44.2 Å². The molecule has 0 bridgehead atoms. The monoisotopic (exact) mass is 594 g/mol. The van der Waals surface area contributed by atoms with E-state index >= 15 is 0 Å². The van der Waals surface area contributed by atoms with Crippen molar-refractivity contribution in [1.29, 1.82) is 0 Å². The van der Waals surface area contributed by atoms with Gasteiger partial charge in [-0.15, -0.1) is 0 Å². The molecule has 0 amide bonds. The summed E-state index contributed by atoms with van der Waals surface area (Å²) in [5, 5.41) is 9.90. The number of phenols is 1. The molecule has 1 radical (unpaired) electrons. The normalized spacial score (nSPS) is 14.6. The Hall–Kier alpha value is -1.46. The second-order valence-corrected chi connectivity index (χ2v) is 6.45. The number of morpholine rings is 1. The van der Waals surface area contributed by atoms with E-state index in [1.807, 2.05) is 24.3 Å². The average molecular weight is 594 g/mol. The van der Waals surface area contributed by atoms with Crippen LogP contribution in [0.5, 0.6) is 11.5 Å². The number of nitrogens with zero attached hydrogens (tertiary/aromatic N) is 2. The van der Waals surface area contributed by atoms with E-state index in [9.17, 15) is 9.90 Å². The number of benzene rings is 2. The Morgan fingerprint density at radius 1 is 1.18 bits per heavy atom. The van der Waals surface area contributed by atoms with Crippen molar-refractivity contribution in [3.8, 4) is 22.9 Å². The van der Waals surface area contributed by atoms with Gasteiger partial charge in [0.15, 0.2) is 0 Å². The summed E-state index contributed by atoms with van der Waals surface area (Å²) in [5.74, 6) is 1.24. The summed E-state index contributed by atoms with van der Waals surface area (Å²) in [7, 11) is 0. The van der Waals surface area contributed by atoms with Crippen LogP contribution in [-0.4, -0.2) is 59.4 Å². The van der Waals surface area contributed by atoms with Gasteiger partial charge in [-0.25, -0.2) is 4.98 Å². The standard InChI is InChI=1S/C20H21N3O4.Ac/c24-15-4-5-18-17(13-15)20(25)22-19(21-18)14-2-1-3-16(12-14)27-11-8-23-6-9-26-10-7-23;/h1-5,12-13,24H,6-11H2,(H,21,22,25);. The van der Waals surface area contributed by atoms with Gasteiger partial charge in [0.05, 0.1) is 24.1 Å². The second kappa shape index (κ2) is 9.84. The number of phenolic OH excluding ortho intramolecular Hbond substituents is 1. The molecule has 1 fully saturated rings. The fourth-order valence-corrected chi connectivity index (χ4v) is 3.11. The van der Waals surface area contributed by atoms with Crippen LogP contribution in [0.15, 0.2) is 47.3 Å². The van der Waals surface area contributed by atoms with Gasteiger partial charge in [0.2, 0.25) is 0 Å². The number of ether oxygens (including phenoxy) is 2. The smallest absolute Gasteiger partial charge is 0.259 e. The first-order chi connectivity index (χ1) is 13.2. The number of rotatable bonds is 5. The molecule has 7 nitrogen and oxygen atoms in total. The molecule has 143 valence electrons. The Labute approximate surface area is 198 Å². The number of H-pyrrole nitrogens is 1. The van der Waals surface area contributed by atoms with Gasteiger partial charge < -0.3 is 19.6 Å². The van der Waals surface area contributed by atoms with E-state index in [1.165, 1.54) is 12.1 Å². The van der Waals surface area contributed by atoms with Crippen LogP contribution in [0, 0.1) is 44.1 Å². The number of aromatic nitrogens is 2. The summed E-state index contributed by atoms with van der Waals surface area (Å²) in [6.07, 6.45) is 0. The van der Waals surface area contributed by atoms with Crippen molar-refractivity contribution in [2.75, 3.05) is 39.5 Å². The van der Waals surface area contributed by atoms with E-state index in [4.69, 9.17) is 9.47 Å². The number of nitrogens with one attached hydrogen (secondary N) is 1. The number of hydrogen-bond acceptors (Lipinski definition) is 6. The third kappa shape index (κ3) is 5.12. The molecule has 2 N–H and O–H groups in total. The van der Waals surface area contributed by atoms with Crippen LogP contribution < -0.4 is 10.3 Å². The number of aromatic hydroxyl groups is 1. The van der Waals surface area contributed by atoms with Gasteiger partial charge in [0.1, 0.15) is 23.9 Å². The topological polar surface area (TPSA) is 87.7 Å². The van der Waals surface area contributed by atoms with Gasteiger partial charge in [-0.05, 0) is 30.3 Å². The zero-order valence-corrected chi connectivity index (χ0v) is 20.2. The molecule has 1 aliphatic heterocycles. The predicted octanol–water partition coefficient (Wildman–Crippen LogP) is 2.01. The van der Waals surface area contributed by atoms with Gasteiger partial charge in [-0.2, -0.15) is 0 Å². The maximum atomic E-state index is 12.3. The largest absolute Gasteiger partial charge is 0.508 e. The molecule has 0 unspecified atom stereocenters. The molecule has 0 spiro atoms. The molecule has 0 atom stereocenters. The van der Waals surface area contributed by atoms with Crippen molar-refractivity contribution in [3.63, 3.8) is 0 Å². The molecule has 1 saturated heterocycles. The van der Waals surface area contributed by atoms with Gasteiger partial charge in [0, 0.05) is 69.3 Å². The van der Waals surface area contributed by atoms with Crippen LogP contribution in [0.4, 0.5) is 0 Å². The number of hydrogen-bond donors (Lipinski definition) is 2. The molecular formula is C20H21AcN3O4. The Balaban J connectivity index is 0.00000225. The first-order valence-electron chi connectivity index (χ1n) is 8.95. The van der Waals surface area contributed by atoms with Crippen molar-refractivity contribution in [1.82, 2.24) is 14.9 Å². The van der Waals surface area contributed by atoms with Crippen LogP contribution >= 0.6 is 0 Å². The molecule has 1 aromatic heterocycles. The zero-order chi connectivity index (χ0) is 18.6. The molecule has 0 aliphatic carbocycles. The minimum absolute atomic E-state index is 0. The van der Waals surface area contributed by atoms with Gasteiger partial charge in [-0.3, -0.25) is 9.69 Å². The quantitative estimate of drug-likeness (QED) is 0.471. The SMILES string of the molecule is O=c1[nH]c(-c2cccc(OCCN3CCOCC3)c2)nc2ccc(O)cc12.[Ac]. The summed E-state index contributed by atoms with van der Waals surface area (Å²) in [4.78, 5) is 21.9. The summed E-state index contributed by atoms with van der Waals surface area (Å²) >= 11 is 0. The molecule has 2 heterocycles. The van der Waals surface area contributed by atoms with Crippen molar-refractivity contribution in [2.45, 2.75) is 0 Å². The first-order valence-corrected chi connectivity index (χ1v) is 8.95. The first kappa shape index (κ1) is 21.3. The van der Waals surface area contributed by atoms with Crippen LogP contribution in [0.3, 0.4) is 0 Å². The molecule has 2 aromatic carbocycles. The third-order valence-electron chi connectivity index (χ3n) is 4.58. The Morgan fingerprint density at radius 2 is 2.00 bits per heavy atom. The fraction of sp³-hybridized carbons (Fsp3) is 0.300. The van der Waals surface area contributed by atoms with Gasteiger partial charge >= 0.3 is 0 Å². The van der Waals surface area contributed by atoms with Crippen LogP contribution in [0.1, 0.15) is 0 Å². The second-order valence-electron chi connectivity index (χ2n) is 6.45. The van der Waals surface area contributed by atoms with Crippen LogP contribution in [0.25, 0.3) is 22.3 Å². The molecule has 28 heavy (non-hydrogen) atoms.